The number of thiophene rings is 1. The van der Waals surface area contributed by atoms with Gasteiger partial charge in [-0.25, -0.2) is 9.59 Å². The van der Waals surface area contributed by atoms with E-state index in [0.717, 1.165) is 48.1 Å². The summed E-state index contributed by atoms with van der Waals surface area (Å²) < 4.78 is 11.5. The van der Waals surface area contributed by atoms with Gasteiger partial charge in [0.25, 0.3) is 5.91 Å². The van der Waals surface area contributed by atoms with E-state index in [2.05, 4.69) is 20.8 Å². The number of rotatable bonds is 7. The molecule has 11 heteroatoms. The van der Waals surface area contributed by atoms with Gasteiger partial charge in [-0.15, -0.1) is 16.4 Å². The minimum atomic E-state index is -0.769. The number of aryl methyl sites for hydroxylation is 2. The number of esters is 2. The van der Waals surface area contributed by atoms with Crippen molar-refractivity contribution in [3.8, 4) is 0 Å². The maximum Gasteiger partial charge on any atom is 0.357 e. The highest BCUT2D eigenvalue weighted by Crippen LogP contribution is 2.37. The number of anilines is 1. The molecule has 3 aromatic rings. The fourth-order valence-electron chi connectivity index (χ4n) is 3.88. The third-order valence-corrected chi connectivity index (χ3v) is 6.77. The van der Waals surface area contributed by atoms with E-state index in [1.807, 2.05) is 30.3 Å². The summed E-state index contributed by atoms with van der Waals surface area (Å²) in [5.41, 5.74) is 2.13. The predicted molar refractivity (Wildman–Crippen MR) is 130 cm³/mol. The van der Waals surface area contributed by atoms with Gasteiger partial charge in [0.05, 0.1) is 12.7 Å². The van der Waals surface area contributed by atoms with Crippen LogP contribution >= 0.6 is 11.3 Å². The molecule has 4 rings (SSSR count). The first-order valence-electron chi connectivity index (χ1n) is 11.2. The lowest BCUT2D eigenvalue weighted by molar-refractivity contribution is -0.141. The largest absolute Gasteiger partial charge is 0.465 e. The maximum absolute atomic E-state index is 12.9. The molecule has 1 aliphatic carbocycles. The van der Waals surface area contributed by atoms with Crippen molar-refractivity contribution < 1.29 is 23.9 Å². The molecule has 1 aromatic carbocycles. The number of methoxy groups -OCH3 is 1. The molecule has 182 valence electrons. The van der Waals surface area contributed by atoms with Crippen LogP contribution in [0.25, 0.3) is 11.8 Å². The molecule has 0 aliphatic heterocycles. The first-order chi connectivity index (χ1) is 17.0. The van der Waals surface area contributed by atoms with Crippen LogP contribution in [0.3, 0.4) is 0 Å². The van der Waals surface area contributed by atoms with Crippen molar-refractivity contribution in [1.29, 1.82) is 0 Å². The van der Waals surface area contributed by atoms with E-state index >= 15 is 0 Å². The van der Waals surface area contributed by atoms with Crippen LogP contribution in [0.4, 0.5) is 5.00 Å². The lowest BCUT2D eigenvalue weighted by Gasteiger charge is -2.10. The Morgan fingerprint density at radius 1 is 1.14 bits per heavy atom. The lowest BCUT2D eigenvalue weighted by atomic mass is 10.1. The van der Waals surface area contributed by atoms with Crippen molar-refractivity contribution in [2.24, 2.45) is 0 Å². The van der Waals surface area contributed by atoms with Gasteiger partial charge in [0.2, 0.25) is 0 Å². The molecule has 0 unspecified atom stereocenters. The first kappa shape index (κ1) is 24.3. The number of tetrazole rings is 1. The first-order valence-corrected chi connectivity index (χ1v) is 12.0. The van der Waals surface area contributed by atoms with Crippen LogP contribution in [-0.2, 0) is 31.9 Å². The number of carbonyl (C=O) groups is 3. The Balaban J connectivity index is 1.50. The molecule has 1 aliphatic rings. The molecule has 0 spiro atoms. The van der Waals surface area contributed by atoms with Crippen LogP contribution in [-0.4, -0.2) is 51.8 Å². The lowest BCUT2D eigenvalue weighted by Crippen LogP contribution is -2.23. The smallest absolute Gasteiger partial charge is 0.357 e. The average molecular weight is 496 g/mol. The Morgan fingerprint density at radius 3 is 2.63 bits per heavy atom. The number of fused-ring (bicyclic) bond motifs is 1. The van der Waals surface area contributed by atoms with Crippen LogP contribution in [0.2, 0.25) is 0 Å². The van der Waals surface area contributed by atoms with E-state index in [0.29, 0.717) is 16.4 Å². The molecule has 1 N–H and O–H groups in total. The minimum Gasteiger partial charge on any atom is -0.465 e. The molecule has 2 heterocycles. The summed E-state index contributed by atoms with van der Waals surface area (Å²) in [4.78, 5) is 39.2. The molecule has 1 amide bonds. The number of amides is 1. The zero-order valence-corrected chi connectivity index (χ0v) is 20.3. The van der Waals surface area contributed by atoms with E-state index < -0.39 is 24.5 Å². The summed E-state index contributed by atoms with van der Waals surface area (Å²) in [7, 11) is 1.32. The van der Waals surface area contributed by atoms with Crippen LogP contribution in [0.5, 0.6) is 0 Å². The van der Waals surface area contributed by atoms with E-state index in [9.17, 15) is 14.4 Å². The summed E-state index contributed by atoms with van der Waals surface area (Å²) in [6.45, 7) is 1.10. The van der Waals surface area contributed by atoms with Crippen molar-refractivity contribution in [3.05, 3.63) is 57.7 Å². The van der Waals surface area contributed by atoms with Gasteiger partial charge in [0.15, 0.2) is 18.1 Å². The predicted octanol–water partition coefficient (Wildman–Crippen LogP) is 3.28. The summed E-state index contributed by atoms with van der Waals surface area (Å²) >= 11 is 1.37. The zero-order chi connectivity index (χ0) is 24.8. The number of benzene rings is 1. The molecule has 0 bridgehead atoms. The van der Waals surface area contributed by atoms with E-state index in [1.54, 1.807) is 13.0 Å². The van der Waals surface area contributed by atoms with Crippen LogP contribution in [0.15, 0.2) is 30.3 Å². The fourth-order valence-corrected chi connectivity index (χ4v) is 5.18. The molecular weight excluding hydrogens is 470 g/mol. The fraction of sp³-hybridized carbons (Fsp3) is 0.333. The summed E-state index contributed by atoms with van der Waals surface area (Å²) in [5.74, 6) is -1.43. The highest BCUT2D eigenvalue weighted by molar-refractivity contribution is 7.17. The monoisotopic (exact) mass is 495 g/mol. The van der Waals surface area contributed by atoms with E-state index in [4.69, 9.17) is 9.47 Å². The summed E-state index contributed by atoms with van der Waals surface area (Å²) in [5, 5.41) is 14.4. The average Bonchev–Trinajstić information content (AvgIpc) is 3.35. The van der Waals surface area contributed by atoms with Crippen molar-refractivity contribution in [2.75, 3.05) is 19.0 Å². The van der Waals surface area contributed by atoms with Crippen LogP contribution in [0.1, 0.15) is 51.4 Å². The Hall–Kier alpha value is -3.86. The number of nitrogens with zero attached hydrogens (tertiary/aromatic N) is 4. The molecule has 10 nitrogen and oxygen atoms in total. The zero-order valence-electron chi connectivity index (χ0n) is 19.4. The van der Waals surface area contributed by atoms with Gasteiger partial charge in [-0.1, -0.05) is 36.8 Å². The Bertz CT molecular complexity index is 1260. The highest BCUT2D eigenvalue weighted by atomic mass is 32.1. The van der Waals surface area contributed by atoms with Crippen LogP contribution in [0, 0.1) is 6.92 Å². The maximum atomic E-state index is 12.9. The molecule has 0 atom stereocenters. The molecule has 0 saturated heterocycles. The van der Waals surface area contributed by atoms with E-state index in [1.165, 1.54) is 23.1 Å². The molecular formula is C24H25N5O5S. The molecule has 35 heavy (non-hydrogen) atoms. The quantitative estimate of drug-likeness (QED) is 0.301. The molecule has 0 fully saturated rings. The number of hydrogen-bond donors (Lipinski definition) is 1. The van der Waals surface area contributed by atoms with Gasteiger partial charge in [-0.3, -0.25) is 4.79 Å². The van der Waals surface area contributed by atoms with Gasteiger partial charge in [-0.2, -0.15) is 4.68 Å². The normalized spacial score (nSPS) is 13.5. The van der Waals surface area contributed by atoms with Gasteiger partial charge in [0, 0.05) is 4.88 Å². The second kappa shape index (κ2) is 11.0. The van der Waals surface area contributed by atoms with Crippen molar-refractivity contribution in [2.45, 2.75) is 39.0 Å². The van der Waals surface area contributed by atoms with Gasteiger partial charge in [-0.05, 0) is 60.2 Å². The molecule has 0 radical (unpaired) electrons. The second-order valence-corrected chi connectivity index (χ2v) is 9.07. The standard InChI is InChI=1S/C24H25N5O5S/c1-15-26-27-28-29(15)18(13-16-9-5-3-6-10-16)23(31)34-14-20(30)25-22-21(24(32)33-2)17-11-7-4-8-12-19(17)35-22/h3,5-6,9-10,13H,4,7-8,11-12,14H2,1-2H3,(H,25,30)/b18-13-. The number of ether oxygens (including phenoxy) is 2. The second-order valence-electron chi connectivity index (χ2n) is 7.96. The number of aromatic nitrogens is 4. The van der Waals surface area contributed by atoms with Crippen molar-refractivity contribution >= 4 is 46.0 Å². The molecule has 0 saturated carbocycles. The number of nitrogens with one attached hydrogen (secondary N) is 1. The third kappa shape index (κ3) is 5.62. The Morgan fingerprint density at radius 2 is 1.91 bits per heavy atom. The Kier molecular flexibility index (Phi) is 7.66. The van der Waals surface area contributed by atoms with Crippen LogP contribution < -0.4 is 5.32 Å². The number of hydrogen-bond acceptors (Lipinski definition) is 9. The third-order valence-electron chi connectivity index (χ3n) is 5.56. The summed E-state index contributed by atoms with van der Waals surface area (Å²) in [6, 6.07) is 9.14. The van der Waals surface area contributed by atoms with E-state index in [-0.39, 0.29) is 5.70 Å². The SMILES string of the molecule is COC(=O)c1c(NC(=O)COC(=O)/C(=C/c2ccccc2)n2nnnc2C)sc2c1CCCCC2. The van der Waals surface area contributed by atoms with Gasteiger partial charge in [0.1, 0.15) is 5.00 Å². The van der Waals surface area contributed by atoms with Gasteiger partial charge >= 0.3 is 11.9 Å². The topological polar surface area (TPSA) is 125 Å². The molecule has 2 aromatic heterocycles. The highest BCUT2D eigenvalue weighted by Gasteiger charge is 2.27. The van der Waals surface area contributed by atoms with Gasteiger partial charge < -0.3 is 14.8 Å². The Labute approximate surface area is 205 Å². The van der Waals surface area contributed by atoms with Crippen molar-refractivity contribution in [3.63, 3.8) is 0 Å². The minimum absolute atomic E-state index is 0.0598. The summed E-state index contributed by atoms with van der Waals surface area (Å²) in [6.07, 6.45) is 6.31. The number of carbonyl (C=O) groups excluding carboxylic acids is 3. The van der Waals surface area contributed by atoms with Crippen molar-refractivity contribution in [1.82, 2.24) is 20.2 Å².